The fourth-order valence-electron chi connectivity index (χ4n) is 3.84. The third-order valence-electron chi connectivity index (χ3n) is 5.60. The molecule has 0 saturated carbocycles. The van der Waals surface area contributed by atoms with E-state index in [0.717, 1.165) is 23.1 Å². The van der Waals surface area contributed by atoms with E-state index in [0.29, 0.717) is 41.9 Å². The van der Waals surface area contributed by atoms with Gasteiger partial charge < -0.3 is 19.5 Å². The predicted molar refractivity (Wildman–Crippen MR) is 124 cm³/mol. The second kappa shape index (κ2) is 9.77. The molecule has 2 aromatic carbocycles. The third kappa shape index (κ3) is 4.55. The van der Waals surface area contributed by atoms with Crippen LogP contribution >= 0.6 is 0 Å². The highest BCUT2D eigenvalue weighted by Gasteiger charge is 2.34. The van der Waals surface area contributed by atoms with Gasteiger partial charge in [-0.15, -0.1) is 0 Å². The average Bonchev–Trinajstić information content (AvgIpc) is 3.29. The second-order valence-corrected chi connectivity index (χ2v) is 7.86. The lowest BCUT2D eigenvalue weighted by molar-refractivity contribution is -0.139. The van der Waals surface area contributed by atoms with Gasteiger partial charge in [0.1, 0.15) is 19.0 Å². The lowest BCUT2D eigenvalue weighted by Crippen LogP contribution is -2.29. The number of esters is 1. The smallest absolute Gasteiger partial charge is 0.338 e. The van der Waals surface area contributed by atoms with Crippen molar-refractivity contribution >= 4 is 11.9 Å². The number of anilines is 1. The molecule has 33 heavy (non-hydrogen) atoms. The zero-order chi connectivity index (χ0) is 23.4. The van der Waals surface area contributed by atoms with Gasteiger partial charge in [-0.05, 0) is 49.1 Å². The lowest BCUT2D eigenvalue weighted by Gasteiger charge is -2.28. The Kier molecular flexibility index (Phi) is 6.63. The molecule has 0 radical (unpaired) electrons. The van der Waals surface area contributed by atoms with E-state index in [9.17, 15) is 4.79 Å². The van der Waals surface area contributed by atoms with Crippen molar-refractivity contribution in [1.29, 1.82) is 0 Å². The fourth-order valence-corrected chi connectivity index (χ4v) is 3.84. The zero-order valence-electron chi connectivity index (χ0n) is 19.3. The van der Waals surface area contributed by atoms with Crippen LogP contribution in [0.25, 0.3) is 0 Å². The van der Waals surface area contributed by atoms with Gasteiger partial charge in [-0.3, -0.25) is 0 Å². The number of rotatable bonds is 8. The van der Waals surface area contributed by atoms with Gasteiger partial charge in [0.25, 0.3) is 0 Å². The predicted octanol–water partition coefficient (Wildman–Crippen LogP) is 4.42. The number of ether oxygens (including phenoxy) is 3. The van der Waals surface area contributed by atoms with Crippen molar-refractivity contribution in [1.82, 2.24) is 14.8 Å². The van der Waals surface area contributed by atoms with Crippen LogP contribution in [0.5, 0.6) is 11.5 Å². The monoisotopic (exact) mass is 448 g/mol. The lowest BCUT2D eigenvalue weighted by atomic mass is 9.95. The van der Waals surface area contributed by atoms with Crippen molar-refractivity contribution in [3.8, 4) is 11.5 Å². The van der Waals surface area contributed by atoms with Gasteiger partial charge >= 0.3 is 5.97 Å². The number of allylic oxidation sites excluding steroid dienone is 1. The molecular formula is C25H28N4O4. The molecule has 8 heteroatoms. The summed E-state index contributed by atoms with van der Waals surface area (Å²) < 4.78 is 18.8. The van der Waals surface area contributed by atoms with Crippen LogP contribution in [0.4, 0.5) is 5.95 Å². The molecule has 3 aromatic rings. The Bertz CT molecular complexity index is 1180. The molecule has 0 fully saturated rings. The summed E-state index contributed by atoms with van der Waals surface area (Å²) in [4.78, 5) is 17.2. The van der Waals surface area contributed by atoms with Crippen molar-refractivity contribution in [3.05, 3.63) is 76.8 Å². The maximum absolute atomic E-state index is 13.0. The molecule has 4 rings (SSSR count). The number of aryl methyl sites for hydroxylation is 1. The van der Waals surface area contributed by atoms with Crippen LogP contribution in [-0.2, 0) is 16.1 Å². The maximum Gasteiger partial charge on any atom is 0.338 e. The Labute approximate surface area is 193 Å². The molecule has 1 aliphatic rings. The molecule has 0 saturated heterocycles. The largest absolute Gasteiger partial charge is 0.493 e. The zero-order valence-corrected chi connectivity index (χ0v) is 19.3. The molecule has 0 bridgehead atoms. The summed E-state index contributed by atoms with van der Waals surface area (Å²) in [5.74, 6) is 1.36. The van der Waals surface area contributed by atoms with Crippen LogP contribution in [0.15, 0.2) is 60.1 Å². The number of benzene rings is 2. The van der Waals surface area contributed by atoms with Gasteiger partial charge in [0.2, 0.25) is 5.95 Å². The Hall–Kier alpha value is -3.81. The highest BCUT2D eigenvalue weighted by atomic mass is 16.5. The molecule has 1 unspecified atom stereocenters. The Morgan fingerprint density at radius 1 is 1.15 bits per heavy atom. The number of carbonyl (C=O) groups is 1. The Balaban J connectivity index is 1.67. The number of hydrogen-bond donors (Lipinski definition) is 1. The molecule has 172 valence electrons. The first kappa shape index (κ1) is 22.4. The minimum Gasteiger partial charge on any atom is -0.493 e. The fraction of sp³-hybridized carbons (Fsp3) is 0.320. The van der Waals surface area contributed by atoms with Crippen molar-refractivity contribution in [2.24, 2.45) is 0 Å². The van der Waals surface area contributed by atoms with Gasteiger partial charge in [0, 0.05) is 5.70 Å². The molecule has 0 amide bonds. The number of methoxy groups -OCH3 is 1. The molecule has 1 atom stereocenters. The quantitative estimate of drug-likeness (QED) is 0.511. The Morgan fingerprint density at radius 2 is 1.97 bits per heavy atom. The number of nitrogens with zero attached hydrogens (tertiary/aromatic N) is 3. The van der Waals surface area contributed by atoms with Gasteiger partial charge in [-0.2, -0.15) is 10.1 Å². The normalized spacial score (nSPS) is 15.0. The maximum atomic E-state index is 13.0. The molecule has 0 spiro atoms. The first-order chi connectivity index (χ1) is 16.0. The van der Waals surface area contributed by atoms with Crippen LogP contribution in [0, 0.1) is 6.92 Å². The SMILES string of the molecule is CCCOC(=O)C1=C(C)Nc2ncnn2C1c1ccc(OCc2ccccc2C)c(OC)c1. The number of nitrogens with one attached hydrogen (secondary N) is 1. The summed E-state index contributed by atoms with van der Waals surface area (Å²) in [6.07, 6.45) is 2.20. The van der Waals surface area contributed by atoms with E-state index in [-0.39, 0.29) is 5.97 Å². The summed E-state index contributed by atoms with van der Waals surface area (Å²) in [6.45, 7) is 6.63. The minimum absolute atomic E-state index is 0.349. The van der Waals surface area contributed by atoms with Crippen molar-refractivity contribution in [2.75, 3.05) is 19.0 Å². The summed E-state index contributed by atoms with van der Waals surface area (Å²) in [6, 6.07) is 13.2. The topological polar surface area (TPSA) is 87.5 Å². The number of fused-ring (bicyclic) bond motifs is 1. The van der Waals surface area contributed by atoms with Crippen LogP contribution in [0.1, 0.15) is 43.0 Å². The van der Waals surface area contributed by atoms with E-state index in [1.165, 1.54) is 6.33 Å². The first-order valence-electron chi connectivity index (χ1n) is 10.9. The van der Waals surface area contributed by atoms with E-state index >= 15 is 0 Å². The van der Waals surface area contributed by atoms with Crippen molar-refractivity contribution < 1.29 is 19.0 Å². The van der Waals surface area contributed by atoms with Crippen LogP contribution in [0.3, 0.4) is 0 Å². The van der Waals surface area contributed by atoms with Gasteiger partial charge in [0.05, 0.1) is 19.3 Å². The molecule has 1 aliphatic heterocycles. The summed E-state index contributed by atoms with van der Waals surface area (Å²) in [5, 5.41) is 7.50. The number of hydrogen-bond acceptors (Lipinski definition) is 7. The van der Waals surface area contributed by atoms with Crippen LogP contribution < -0.4 is 14.8 Å². The van der Waals surface area contributed by atoms with Gasteiger partial charge in [0.15, 0.2) is 11.5 Å². The second-order valence-electron chi connectivity index (χ2n) is 7.86. The number of carbonyl (C=O) groups excluding carboxylic acids is 1. The van der Waals surface area contributed by atoms with E-state index < -0.39 is 6.04 Å². The Morgan fingerprint density at radius 3 is 2.73 bits per heavy atom. The number of aromatic nitrogens is 3. The van der Waals surface area contributed by atoms with Gasteiger partial charge in [-0.1, -0.05) is 37.3 Å². The standard InChI is InChI=1S/C25H28N4O4/c1-5-12-32-24(30)22-17(3)28-25-26-15-27-29(25)23(22)18-10-11-20(21(13-18)31-4)33-14-19-9-7-6-8-16(19)2/h6-11,13,15,23H,5,12,14H2,1-4H3,(H,26,27,28). The van der Waals surface area contributed by atoms with Crippen molar-refractivity contribution in [2.45, 2.75) is 39.8 Å². The van der Waals surface area contributed by atoms with E-state index in [1.807, 2.05) is 50.2 Å². The van der Waals surface area contributed by atoms with Crippen molar-refractivity contribution in [3.63, 3.8) is 0 Å². The average molecular weight is 449 g/mol. The summed E-state index contributed by atoms with van der Waals surface area (Å²) >= 11 is 0. The third-order valence-corrected chi connectivity index (χ3v) is 5.60. The molecule has 2 heterocycles. The summed E-state index contributed by atoms with van der Waals surface area (Å²) in [7, 11) is 1.60. The molecule has 0 aliphatic carbocycles. The van der Waals surface area contributed by atoms with Crippen LogP contribution in [0.2, 0.25) is 0 Å². The molecule has 1 aromatic heterocycles. The molecule has 8 nitrogen and oxygen atoms in total. The van der Waals surface area contributed by atoms with Gasteiger partial charge in [-0.25, -0.2) is 9.48 Å². The minimum atomic E-state index is -0.507. The van der Waals surface area contributed by atoms with E-state index in [4.69, 9.17) is 14.2 Å². The van der Waals surface area contributed by atoms with E-state index in [1.54, 1.807) is 11.8 Å². The van der Waals surface area contributed by atoms with E-state index in [2.05, 4.69) is 28.4 Å². The summed E-state index contributed by atoms with van der Waals surface area (Å²) in [5.41, 5.74) is 4.25. The van der Waals surface area contributed by atoms with Crippen LogP contribution in [-0.4, -0.2) is 34.5 Å². The molecule has 1 N–H and O–H groups in total. The highest BCUT2D eigenvalue weighted by Crippen LogP contribution is 2.39. The first-order valence-corrected chi connectivity index (χ1v) is 10.9. The molecular weight excluding hydrogens is 420 g/mol. The highest BCUT2D eigenvalue weighted by molar-refractivity contribution is 5.92.